The number of hydrogen-bond donors (Lipinski definition) is 1. The molecule has 0 aliphatic rings. The maximum Gasteiger partial charge on any atom is 0.119 e. The molecule has 0 amide bonds. The lowest BCUT2D eigenvalue weighted by atomic mass is 10.1. The first-order valence-electron chi connectivity index (χ1n) is 7.76. The van der Waals surface area contributed by atoms with E-state index in [9.17, 15) is 0 Å². The van der Waals surface area contributed by atoms with Crippen molar-refractivity contribution in [3.63, 3.8) is 0 Å². The van der Waals surface area contributed by atoms with Crippen molar-refractivity contribution in [2.45, 2.75) is 39.3 Å². The van der Waals surface area contributed by atoms with E-state index in [2.05, 4.69) is 62.5 Å². The van der Waals surface area contributed by atoms with E-state index in [-0.39, 0.29) is 6.10 Å². The molecule has 2 unspecified atom stereocenters. The van der Waals surface area contributed by atoms with Crippen molar-refractivity contribution < 1.29 is 4.74 Å². The monoisotopic (exact) mass is 283 g/mol. The quantitative estimate of drug-likeness (QED) is 0.807. The first kappa shape index (κ1) is 15.6. The molecule has 0 aliphatic carbocycles. The highest BCUT2D eigenvalue weighted by Gasteiger charge is 2.12. The van der Waals surface area contributed by atoms with Crippen LogP contribution in [0.4, 0.5) is 0 Å². The zero-order valence-electron chi connectivity index (χ0n) is 13.2. The Kier molecular flexibility index (Phi) is 5.82. The summed E-state index contributed by atoms with van der Waals surface area (Å²) in [7, 11) is 0. The van der Waals surface area contributed by atoms with E-state index >= 15 is 0 Å². The van der Waals surface area contributed by atoms with Gasteiger partial charge in [0, 0.05) is 6.04 Å². The second-order valence-electron chi connectivity index (χ2n) is 5.46. The number of hydrogen-bond acceptors (Lipinski definition) is 2. The van der Waals surface area contributed by atoms with Crippen LogP contribution >= 0.6 is 0 Å². The summed E-state index contributed by atoms with van der Waals surface area (Å²) >= 11 is 0. The van der Waals surface area contributed by atoms with Crippen molar-refractivity contribution in [2.75, 3.05) is 6.54 Å². The average Bonchev–Trinajstić information content (AvgIpc) is 2.54. The third-order valence-electron chi connectivity index (χ3n) is 3.70. The molecule has 2 atom stereocenters. The highest BCUT2D eigenvalue weighted by Crippen LogP contribution is 2.22. The number of nitrogens with one attached hydrogen (secondary N) is 1. The van der Waals surface area contributed by atoms with Crippen molar-refractivity contribution in [3.8, 4) is 16.9 Å². The fourth-order valence-corrected chi connectivity index (χ4v) is 2.21. The molecule has 2 nitrogen and oxygen atoms in total. The summed E-state index contributed by atoms with van der Waals surface area (Å²) in [6, 6.07) is 19.1. The molecule has 0 aromatic heterocycles. The van der Waals surface area contributed by atoms with Gasteiger partial charge in [-0.15, -0.1) is 0 Å². The Balaban J connectivity index is 1.96. The van der Waals surface area contributed by atoms with E-state index in [4.69, 9.17) is 4.74 Å². The summed E-state index contributed by atoms with van der Waals surface area (Å²) in [5.41, 5.74) is 2.45. The molecule has 1 N–H and O–H groups in total. The van der Waals surface area contributed by atoms with Crippen LogP contribution in [0, 0.1) is 0 Å². The zero-order valence-corrected chi connectivity index (χ0v) is 13.2. The molecule has 0 saturated heterocycles. The minimum absolute atomic E-state index is 0.152. The average molecular weight is 283 g/mol. The smallest absolute Gasteiger partial charge is 0.119 e. The largest absolute Gasteiger partial charge is 0.489 e. The molecular weight excluding hydrogens is 258 g/mol. The predicted octanol–water partition coefficient (Wildman–Crippen LogP) is 4.51. The first-order valence-corrected chi connectivity index (χ1v) is 7.76. The van der Waals surface area contributed by atoms with Crippen molar-refractivity contribution in [1.29, 1.82) is 0 Å². The summed E-state index contributed by atoms with van der Waals surface area (Å²) < 4.78 is 6.00. The molecule has 2 heteroatoms. The molecule has 0 heterocycles. The van der Waals surface area contributed by atoms with Crippen LogP contribution in [0.1, 0.15) is 27.2 Å². The SMILES string of the molecule is CCCNC(C)C(C)Oc1ccc(-c2ccccc2)cc1. The van der Waals surface area contributed by atoms with Gasteiger partial charge in [0.05, 0.1) is 0 Å². The summed E-state index contributed by atoms with van der Waals surface area (Å²) in [6.45, 7) is 7.48. The molecule has 0 aliphatic heterocycles. The molecule has 0 fully saturated rings. The molecule has 0 bridgehead atoms. The number of benzene rings is 2. The molecule has 0 radical (unpaired) electrons. The molecule has 0 spiro atoms. The fraction of sp³-hybridized carbons (Fsp3) is 0.368. The van der Waals surface area contributed by atoms with E-state index in [1.165, 1.54) is 11.1 Å². The molecular formula is C19H25NO. The van der Waals surface area contributed by atoms with Gasteiger partial charge >= 0.3 is 0 Å². The minimum atomic E-state index is 0.152. The van der Waals surface area contributed by atoms with Gasteiger partial charge in [-0.25, -0.2) is 0 Å². The normalized spacial score (nSPS) is 13.7. The lowest BCUT2D eigenvalue weighted by molar-refractivity contribution is 0.178. The second-order valence-corrected chi connectivity index (χ2v) is 5.46. The Labute approximate surface area is 128 Å². The van der Waals surface area contributed by atoms with Gasteiger partial charge in [-0.1, -0.05) is 49.4 Å². The van der Waals surface area contributed by atoms with E-state index in [1.54, 1.807) is 0 Å². The van der Waals surface area contributed by atoms with Crippen LogP contribution in [0.3, 0.4) is 0 Å². The lowest BCUT2D eigenvalue weighted by Crippen LogP contribution is -2.39. The van der Waals surface area contributed by atoms with E-state index in [0.29, 0.717) is 6.04 Å². The van der Waals surface area contributed by atoms with Crippen LogP contribution < -0.4 is 10.1 Å². The van der Waals surface area contributed by atoms with Crippen LogP contribution in [-0.4, -0.2) is 18.7 Å². The number of ether oxygens (including phenoxy) is 1. The van der Waals surface area contributed by atoms with Gasteiger partial charge in [-0.3, -0.25) is 0 Å². The lowest BCUT2D eigenvalue weighted by Gasteiger charge is -2.22. The summed E-state index contributed by atoms with van der Waals surface area (Å²) in [5, 5.41) is 3.46. The van der Waals surface area contributed by atoms with Crippen molar-refractivity contribution in [3.05, 3.63) is 54.6 Å². The van der Waals surface area contributed by atoms with E-state index in [1.807, 2.05) is 18.2 Å². The van der Waals surface area contributed by atoms with Crippen LogP contribution in [0.15, 0.2) is 54.6 Å². The summed E-state index contributed by atoms with van der Waals surface area (Å²) in [4.78, 5) is 0. The van der Waals surface area contributed by atoms with Crippen molar-refractivity contribution in [2.24, 2.45) is 0 Å². The van der Waals surface area contributed by atoms with Crippen LogP contribution in [0.5, 0.6) is 5.75 Å². The van der Waals surface area contributed by atoms with Crippen molar-refractivity contribution in [1.82, 2.24) is 5.32 Å². The second kappa shape index (κ2) is 7.84. The Morgan fingerprint density at radius 1 is 0.905 bits per heavy atom. The highest BCUT2D eigenvalue weighted by atomic mass is 16.5. The molecule has 2 aromatic carbocycles. The first-order chi connectivity index (χ1) is 10.2. The molecule has 21 heavy (non-hydrogen) atoms. The Morgan fingerprint density at radius 3 is 2.14 bits per heavy atom. The van der Waals surface area contributed by atoms with Crippen LogP contribution in [0.25, 0.3) is 11.1 Å². The Morgan fingerprint density at radius 2 is 1.52 bits per heavy atom. The fourth-order valence-electron chi connectivity index (χ4n) is 2.21. The number of rotatable bonds is 7. The third kappa shape index (κ3) is 4.61. The highest BCUT2D eigenvalue weighted by molar-refractivity contribution is 5.63. The third-order valence-corrected chi connectivity index (χ3v) is 3.70. The molecule has 2 aromatic rings. The summed E-state index contributed by atoms with van der Waals surface area (Å²) in [5.74, 6) is 0.923. The zero-order chi connectivity index (χ0) is 15.1. The van der Waals surface area contributed by atoms with Gasteiger partial charge in [0.15, 0.2) is 0 Å². The predicted molar refractivity (Wildman–Crippen MR) is 89.7 cm³/mol. The maximum atomic E-state index is 6.00. The van der Waals surface area contributed by atoms with E-state index < -0.39 is 0 Å². The molecule has 2 rings (SSSR count). The summed E-state index contributed by atoms with van der Waals surface area (Å²) in [6.07, 6.45) is 1.29. The van der Waals surface area contributed by atoms with Crippen LogP contribution in [-0.2, 0) is 0 Å². The van der Waals surface area contributed by atoms with Crippen molar-refractivity contribution >= 4 is 0 Å². The van der Waals surface area contributed by atoms with E-state index in [0.717, 1.165) is 18.7 Å². The Hall–Kier alpha value is -1.80. The molecule has 112 valence electrons. The van der Waals surface area contributed by atoms with Gasteiger partial charge in [-0.2, -0.15) is 0 Å². The van der Waals surface area contributed by atoms with Gasteiger partial charge in [0.25, 0.3) is 0 Å². The molecule has 0 saturated carbocycles. The van der Waals surface area contributed by atoms with Gasteiger partial charge < -0.3 is 10.1 Å². The van der Waals surface area contributed by atoms with Gasteiger partial charge in [0.1, 0.15) is 11.9 Å². The van der Waals surface area contributed by atoms with Crippen LogP contribution in [0.2, 0.25) is 0 Å². The minimum Gasteiger partial charge on any atom is -0.489 e. The topological polar surface area (TPSA) is 21.3 Å². The van der Waals surface area contributed by atoms with Gasteiger partial charge in [-0.05, 0) is 50.1 Å². The van der Waals surface area contributed by atoms with Gasteiger partial charge in [0.2, 0.25) is 0 Å². The Bertz CT molecular complexity index is 521. The maximum absolute atomic E-state index is 6.00. The standard InChI is InChI=1S/C19H25NO/c1-4-14-20-15(2)16(3)21-19-12-10-18(11-13-19)17-8-6-5-7-9-17/h5-13,15-16,20H,4,14H2,1-3H3.